The van der Waals surface area contributed by atoms with Crippen molar-refractivity contribution in [3.8, 4) is 17.0 Å². The molecule has 0 atom stereocenters. The fraction of sp³-hybridized carbons (Fsp3) is 0.143. The van der Waals surface area contributed by atoms with Crippen LogP contribution in [0.15, 0.2) is 56.7 Å². The minimum atomic E-state index is -0.372. The van der Waals surface area contributed by atoms with E-state index >= 15 is 0 Å². The van der Waals surface area contributed by atoms with Gasteiger partial charge in [-0.2, -0.15) is 0 Å². The maximum atomic E-state index is 12.0. The third kappa shape index (κ3) is 1.73. The van der Waals surface area contributed by atoms with Gasteiger partial charge in [0.25, 0.3) is 0 Å². The lowest BCUT2D eigenvalue weighted by Crippen LogP contribution is -2.26. The van der Waals surface area contributed by atoms with E-state index in [1.54, 1.807) is 38.6 Å². The van der Waals surface area contributed by atoms with Crippen molar-refractivity contribution in [1.82, 2.24) is 13.9 Å². The fourth-order valence-corrected chi connectivity index (χ4v) is 2.07. The third-order valence-electron chi connectivity index (χ3n) is 3.32. The average Bonchev–Trinajstić information content (AvgIpc) is 3.05. The van der Waals surface area contributed by atoms with Gasteiger partial charge in [0.1, 0.15) is 5.76 Å². The van der Waals surface area contributed by atoms with Gasteiger partial charge in [-0.1, -0.05) is 0 Å². The number of nitrogens with zero attached hydrogens (tertiary/aromatic N) is 3. The van der Waals surface area contributed by atoms with E-state index in [4.69, 9.17) is 4.42 Å². The second-order valence-electron chi connectivity index (χ2n) is 4.47. The monoisotopic (exact) mass is 271 g/mol. The van der Waals surface area contributed by atoms with E-state index in [0.29, 0.717) is 5.69 Å². The van der Waals surface area contributed by atoms with Gasteiger partial charge in [-0.25, -0.2) is 23.5 Å². The molecule has 0 spiro atoms. The molecule has 0 bridgehead atoms. The number of hydrogen-bond acceptors (Lipinski definition) is 3. The molecule has 102 valence electrons. The van der Waals surface area contributed by atoms with Crippen molar-refractivity contribution in [1.29, 1.82) is 0 Å². The summed E-state index contributed by atoms with van der Waals surface area (Å²) in [6.45, 7) is 0. The zero-order valence-corrected chi connectivity index (χ0v) is 11.1. The Kier molecular flexibility index (Phi) is 2.71. The Labute approximate surface area is 114 Å². The SMILES string of the molecule is Cn1c(=O)n(-c2ccc(-c3ccco3)cc2)c(=O)n1C. The number of rotatable bonds is 2. The van der Waals surface area contributed by atoms with Gasteiger partial charge >= 0.3 is 11.4 Å². The van der Waals surface area contributed by atoms with Crippen LogP contribution in [-0.4, -0.2) is 13.9 Å². The second kappa shape index (κ2) is 4.41. The van der Waals surface area contributed by atoms with E-state index in [1.165, 1.54) is 9.36 Å². The summed E-state index contributed by atoms with van der Waals surface area (Å²) in [5.41, 5.74) is 0.678. The molecule has 2 heterocycles. The molecule has 0 N–H and O–H groups in total. The minimum absolute atomic E-state index is 0.372. The maximum Gasteiger partial charge on any atom is 0.351 e. The predicted octanol–water partition coefficient (Wildman–Crippen LogP) is 1.13. The average molecular weight is 271 g/mol. The lowest BCUT2D eigenvalue weighted by atomic mass is 10.1. The van der Waals surface area contributed by atoms with Crippen LogP contribution in [-0.2, 0) is 14.1 Å². The highest BCUT2D eigenvalue weighted by molar-refractivity contribution is 5.59. The van der Waals surface area contributed by atoms with Gasteiger partial charge in [-0.3, -0.25) is 0 Å². The first-order chi connectivity index (χ1) is 9.59. The van der Waals surface area contributed by atoms with Gasteiger partial charge in [0.15, 0.2) is 0 Å². The van der Waals surface area contributed by atoms with Crippen molar-refractivity contribution in [3.63, 3.8) is 0 Å². The summed E-state index contributed by atoms with van der Waals surface area (Å²) in [5, 5.41) is 0. The molecule has 0 unspecified atom stereocenters. The molecule has 0 radical (unpaired) electrons. The number of aromatic nitrogens is 3. The van der Waals surface area contributed by atoms with Crippen molar-refractivity contribution >= 4 is 0 Å². The van der Waals surface area contributed by atoms with Crippen LogP contribution >= 0.6 is 0 Å². The summed E-state index contributed by atoms with van der Waals surface area (Å²) in [6, 6.07) is 10.7. The molecule has 3 rings (SSSR count). The summed E-state index contributed by atoms with van der Waals surface area (Å²) in [7, 11) is 3.11. The van der Waals surface area contributed by atoms with Crippen molar-refractivity contribution in [2.24, 2.45) is 14.1 Å². The van der Waals surface area contributed by atoms with Crippen molar-refractivity contribution < 1.29 is 4.42 Å². The summed E-state index contributed by atoms with van der Waals surface area (Å²) in [5.74, 6) is 0.741. The highest BCUT2D eigenvalue weighted by Gasteiger charge is 2.12. The first-order valence-electron chi connectivity index (χ1n) is 6.09. The zero-order valence-electron chi connectivity index (χ0n) is 11.1. The molecule has 3 aromatic rings. The molecule has 0 aliphatic carbocycles. The molecule has 0 saturated heterocycles. The largest absolute Gasteiger partial charge is 0.464 e. The second-order valence-corrected chi connectivity index (χ2v) is 4.47. The van der Waals surface area contributed by atoms with Gasteiger partial charge in [-0.15, -0.1) is 0 Å². The molecule has 0 fully saturated rings. The molecule has 0 aliphatic heterocycles. The Hall–Kier alpha value is -2.76. The number of furan rings is 1. The summed E-state index contributed by atoms with van der Waals surface area (Å²) in [6.07, 6.45) is 1.60. The quantitative estimate of drug-likeness (QED) is 0.702. The summed E-state index contributed by atoms with van der Waals surface area (Å²) >= 11 is 0. The molecule has 6 heteroatoms. The smallest absolute Gasteiger partial charge is 0.351 e. The summed E-state index contributed by atoms with van der Waals surface area (Å²) in [4.78, 5) is 24.0. The lowest BCUT2D eigenvalue weighted by molar-refractivity contribution is 0.565. The molecular weight excluding hydrogens is 258 g/mol. The van der Waals surface area contributed by atoms with Gasteiger partial charge in [-0.05, 0) is 36.4 Å². The van der Waals surface area contributed by atoms with Crippen molar-refractivity contribution in [3.05, 3.63) is 63.6 Å². The number of hydrogen-bond donors (Lipinski definition) is 0. The van der Waals surface area contributed by atoms with E-state index in [2.05, 4.69) is 0 Å². The first kappa shape index (κ1) is 12.3. The van der Waals surface area contributed by atoms with Crippen LogP contribution in [0.2, 0.25) is 0 Å². The van der Waals surface area contributed by atoms with Crippen LogP contribution in [0.1, 0.15) is 0 Å². The normalized spacial score (nSPS) is 10.9. The summed E-state index contributed by atoms with van der Waals surface area (Å²) < 4.78 is 8.96. The highest BCUT2D eigenvalue weighted by atomic mass is 16.3. The first-order valence-corrected chi connectivity index (χ1v) is 6.09. The molecule has 0 aliphatic rings. The maximum absolute atomic E-state index is 12.0. The van der Waals surface area contributed by atoms with Crippen molar-refractivity contribution in [2.75, 3.05) is 0 Å². The van der Waals surface area contributed by atoms with Crippen LogP contribution < -0.4 is 11.4 Å². The Morgan fingerprint density at radius 2 is 1.50 bits per heavy atom. The Morgan fingerprint density at radius 1 is 0.900 bits per heavy atom. The standard InChI is InChI=1S/C14H13N3O3/c1-15-13(18)17(14(19)16(15)2)11-7-5-10(6-8-11)12-4-3-9-20-12/h3-9H,1-2H3. The molecule has 0 saturated carbocycles. The molecule has 1 aromatic carbocycles. The lowest BCUT2D eigenvalue weighted by Gasteiger charge is -2.01. The molecule has 2 aromatic heterocycles. The molecular formula is C14H13N3O3. The van der Waals surface area contributed by atoms with E-state index in [-0.39, 0.29) is 11.4 Å². The molecule has 6 nitrogen and oxygen atoms in total. The Morgan fingerprint density at radius 3 is 2.00 bits per heavy atom. The Balaban J connectivity index is 2.11. The van der Waals surface area contributed by atoms with Crippen LogP contribution in [0.5, 0.6) is 0 Å². The molecule has 20 heavy (non-hydrogen) atoms. The van der Waals surface area contributed by atoms with Crippen molar-refractivity contribution in [2.45, 2.75) is 0 Å². The molecule has 0 amide bonds. The van der Waals surface area contributed by atoms with E-state index < -0.39 is 0 Å². The van der Waals surface area contributed by atoms with Gasteiger partial charge in [0.2, 0.25) is 0 Å². The van der Waals surface area contributed by atoms with Crippen LogP contribution in [0, 0.1) is 0 Å². The van der Waals surface area contributed by atoms with Crippen LogP contribution in [0.25, 0.3) is 17.0 Å². The minimum Gasteiger partial charge on any atom is -0.464 e. The fourth-order valence-electron chi connectivity index (χ4n) is 2.07. The van der Waals surface area contributed by atoms with Crippen LogP contribution in [0.3, 0.4) is 0 Å². The van der Waals surface area contributed by atoms with Gasteiger partial charge in [0.05, 0.1) is 12.0 Å². The van der Waals surface area contributed by atoms with E-state index in [1.807, 2.05) is 18.2 Å². The van der Waals surface area contributed by atoms with Crippen LogP contribution in [0.4, 0.5) is 0 Å². The zero-order chi connectivity index (χ0) is 14.3. The van der Waals surface area contributed by atoms with E-state index in [9.17, 15) is 9.59 Å². The third-order valence-corrected chi connectivity index (χ3v) is 3.32. The van der Waals surface area contributed by atoms with Gasteiger partial charge < -0.3 is 4.42 Å². The highest BCUT2D eigenvalue weighted by Crippen LogP contribution is 2.20. The predicted molar refractivity (Wildman–Crippen MR) is 74.0 cm³/mol. The Bertz CT molecular complexity index is 815. The van der Waals surface area contributed by atoms with E-state index in [0.717, 1.165) is 15.9 Å². The number of benzene rings is 1. The van der Waals surface area contributed by atoms with Gasteiger partial charge in [0, 0.05) is 19.7 Å². The topological polar surface area (TPSA) is 62.1 Å².